The zero-order valence-electron chi connectivity index (χ0n) is 12.6. The summed E-state index contributed by atoms with van der Waals surface area (Å²) in [6.45, 7) is 11.0. The first-order chi connectivity index (χ1) is 8.75. The first-order valence-electron chi connectivity index (χ1n) is 6.72. The van der Waals surface area contributed by atoms with Crippen LogP contribution in [0.2, 0.25) is 0 Å². The normalized spacial score (nSPS) is 13.2. The molecule has 0 aliphatic rings. The first-order valence-corrected chi connectivity index (χ1v) is 6.72. The van der Waals surface area contributed by atoms with Crippen LogP contribution in [-0.4, -0.2) is 28.4 Å². The highest BCUT2D eigenvalue weighted by molar-refractivity contribution is 5.82. The Kier molecular flexibility index (Phi) is 5.06. The highest BCUT2D eigenvalue weighted by Gasteiger charge is 2.30. The fourth-order valence-corrected chi connectivity index (χ4v) is 1.80. The molecule has 1 rings (SSSR count). The number of carbonyl (C=O) groups is 1. The van der Waals surface area contributed by atoms with E-state index in [1.54, 1.807) is 4.90 Å². The van der Waals surface area contributed by atoms with E-state index < -0.39 is 6.04 Å². The largest absolute Gasteiger partial charge is 0.336 e. The van der Waals surface area contributed by atoms with E-state index in [9.17, 15) is 4.79 Å². The van der Waals surface area contributed by atoms with E-state index in [0.717, 1.165) is 11.4 Å². The summed E-state index contributed by atoms with van der Waals surface area (Å²) in [7, 11) is 0. The van der Waals surface area contributed by atoms with Crippen LogP contribution in [0.25, 0.3) is 0 Å². The van der Waals surface area contributed by atoms with Gasteiger partial charge in [0.05, 0.1) is 18.3 Å². The summed E-state index contributed by atoms with van der Waals surface area (Å²) in [4.78, 5) is 18.6. The Balaban J connectivity index is 2.81. The molecule has 0 aliphatic heterocycles. The lowest BCUT2D eigenvalue weighted by Gasteiger charge is -2.31. The molecule has 0 unspecified atom stereocenters. The van der Waals surface area contributed by atoms with Crippen molar-refractivity contribution in [3.8, 4) is 0 Å². The van der Waals surface area contributed by atoms with Gasteiger partial charge in [0.15, 0.2) is 0 Å². The summed E-state index contributed by atoms with van der Waals surface area (Å²) >= 11 is 0. The van der Waals surface area contributed by atoms with Crippen LogP contribution in [0.3, 0.4) is 0 Å². The fourth-order valence-electron chi connectivity index (χ4n) is 1.80. The lowest BCUT2D eigenvalue weighted by molar-refractivity contribution is -0.135. The molecule has 0 aromatic carbocycles. The Morgan fingerprint density at radius 1 is 1.42 bits per heavy atom. The van der Waals surface area contributed by atoms with Gasteiger partial charge < -0.3 is 10.6 Å². The fraction of sp³-hybridized carbons (Fsp3) is 0.600. The van der Waals surface area contributed by atoms with Crippen LogP contribution >= 0.6 is 0 Å². The third kappa shape index (κ3) is 4.31. The van der Waals surface area contributed by atoms with E-state index in [0.29, 0.717) is 13.1 Å². The van der Waals surface area contributed by atoms with Gasteiger partial charge in [-0.1, -0.05) is 26.8 Å². The predicted octanol–water partition coefficient (Wildman–Crippen LogP) is 2.11. The van der Waals surface area contributed by atoms with Gasteiger partial charge in [0.1, 0.15) is 0 Å². The van der Waals surface area contributed by atoms with Gasteiger partial charge in [-0.2, -0.15) is 0 Å². The molecule has 0 radical (unpaired) electrons. The molecule has 106 valence electrons. The third-order valence-electron chi connectivity index (χ3n) is 3.19. The summed E-state index contributed by atoms with van der Waals surface area (Å²) in [6, 6.07) is 5.35. The van der Waals surface area contributed by atoms with Crippen molar-refractivity contribution in [2.75, 3.05) is 6.54 Å². The molecular formula is C15H25N3O. The van der Waals surface area contributed by atoms with Crippen molar-refractivity contribution in [1.82, 2.24) is 9.88 Å². The average molecular weight is 263 g/mol. The standard InChI is InChI=1S/C15H25N3O/c1-6-18(14(19)13(16)15(3,4)5)10-12-9-7-8-11(2)17-12/h7-9,13H,6,10,16H2,1-5H3/t13-/m1/s1. The number of carbonyl (C=O) groups excluding carboxylic acids is 1. The SMILES string of the molecule is CCN(Cc1cccc(C)n1)C(=O)[C@@H](N)C(C)(C)C. The molecule has 2 N–H and O–H groups in total. The number of aryl methyl sites for hydroxylation is 1. The van der Waals surface area contributed by atoms with Crippen molar-refractivity contribution in [1.29, 1.82) is 0 Å². The number of aromatic nitrogens is 1. The first kappa shape index (κ1) is 15.6. The summed E-state index contributed by atoms with van der Waals surface area (Å²) in [5.74, 6) is -0.0155. The summed E-state index contributed by atoms with van der Waals surface area (Å²) in [5.41, 5.74) is 7.67. The molecule has 0 saturated carbocycles. The summed E-state index contributed by atoms with van der Waals surface area (Å²) < 4.78 is 0. The molecule has 1 amide bonds. The van der Waals surface area contributed by atoms with E-state index in [4.69, 9.17) is 5.73 Å². The number of nitrogens with two attached hydrogens (primary N) is 1. The second-order valence-corrected chi connectivity index (χ2v) is 5.97. The van der Waals surface area contributed by atoms with Gasteiger partial charge >= 0.3 is 0 Å². The van der Waals surface area contributed by atoms with Crippen LogP contribution in [0, 0.1) is 12.3 Å². The molecular weight excluding hydrogens is 238 g/mol. The molecule has 0 bridgehead atoms. The highest BCUT2D eigenvalue weighted by Crippen LogP contribution is 2.19. The maximum absolute atomic E-state index is 12.4. The van der Waals surface area contributed by atoms with Gasteiger partial charge in [-0.25, -0.2) is 0 Å². The van der Waals surface area contributed by atoms with E-state index in [-0.39, 0.29) is 11.3 Å². The number of likely N-dealkylation sites (N-methyl/N-ethyl adjacent to an activating group) is 1. The Hall–Kier alpha value is -1.42. The number of pyridine rings is 1. The quantitative estimate of drug-likeness (QED) is 0.905. The molecule has 0 aliphatic carbocycles. The van der Waals surface area contributed by atoms with Crippen LogP contribution in [0.5, 0.6) is 0 Å². The molecule has 0 saturated heterocycles. The van der Waals surface area contributed by atoms with Crippen molar-refractivity contribution in [3.05, 3.63) is 29.6 Å². The maximum atomic E-state index is 12.4. The second kappa shape index (κ2) is 6.15. The minimum atomic E-state index is -0.489. The van der Waals surface area contributed by atoms with Crippen molar-refractivity contribution >= 4 is 5.91 Å². The average Bonchev–Trinajstić information content (AvgIpc) is 2.33. The Bertz CT molecular complexity index is 437. The molecule has 1 atom stereocenters. The molecule has 0 spiro atoms. The van der Waals surface area contributed by atoms with Gasteiger partial charge in [0.25, 0.3) is 0 Å². The van der Waals surface area contributed by atoms with E-state index >= 15 is 0 Å². The number of nitrogens with zero attached hydrogens (tertiary/aromatic N) is 2. The third-order valence-corrected chi connectivity index (χ3v) is 3.19. The molecule has 1 aromatic heterocycles. The smallest absolute Gasteiger partial charge is 0.240 e. The minimum absolute atomic E-state index is 0.0155. The molecule has 19 heavy (non-hydrogen) atoms. The Labute approximate surface area is 116 Å². The van der Waals surface area contributed by atoms with Crippen molar-refractivity contribution in [3.63, 3.8) is 0 Å². The van der Waals surface area contributed by atoms with Gasteiger partial charge in [-0.05, 0) is 31.4 Å². The summed E-state index contributed by atoms with van der Waals surface area (Å²) in [6.07, 6.45) is 0. The zero-order valence-corrected chi connectivity index (χ0v) is 12.6. The van der Waals surface area contributed by atoms with Gasteiger partial charge in [0.2, 0.25) is 5.91 Å². The molecule has 4 heteroatoms. The predicted molar refractivity (Wildman–Crippen MR) is 77.5 cm³/mol. The lowest BCUT2D eigenvalue weighted by Crippen LogP contribution is -2.50. The van der Waals surface area contributed by atoms with Crippen LogP contribution in [0.1, 0.15) is 39.1 Å². The maximum Gasteiger partial charge on any atom is 0.240 e. The van der Waals surface area contributed by atoms with Gasteiger partial charge in [-0.15, -0.1) is 0 Å². The summed E-state index contributed by atoms with van der Waals surface area (Å²) in [5, 5.41) is 0. The van der Waals surface area contributed by atoms with Gasteiger partial charge in [-0.3, -0.25) is 9.78 Å². The van der Waals surface area contributed by atoms with Crippen molar-refractivity contribution in [2.24, 2.45) is 11.1 Å². The monoisotopic (exact) mass is 263 g/mol. The minimum Gasteiger partial charge on any atom is -0.336 e. The van der Waals surface area contributed by atoms with E-state index in [1.165, 1.54) is 0 Å². The number of rotatable bonds is 4. The highest BCUT2D eigenvalue weighted by atomic mass is 16.2. The van der Waals surface area contributed by atoms with E-state index in [2.05, 4.69) is 4.98 Å². The van der Waals surface area contributed by atoms with Crippen LogP contribution in [0.4, 0.5) is 0 Å². The van der Waals surface area contributed by atoms with E-state index in [1.807, 2.05) is 52.8 Å². The molecule has 1 aromatic rings. The van der Waals surface area contributed by atoms with Crippen LogP contribution < -0.4 is 5.73 Å². The van der Waals surface area contributed by atoms with Crippen LogP contribution in [0.15, 0.2) is 18.2 Å². The van der Waals surface area contributed by atoms with Crippen molar-refractivity contribution < 1.29 is 4.79 Å². The second-order valence-electron chi connectivity index (χ2n) is 5.97. The number of hydrogen-bond donors (Lipinski definition) is 1. The Morgan fingerprint density at radius 3 is 2.53 bits per heavy atom. The number of amides is 1. The molecule has 0 fully saturated rings. The molecule has 1 heterocycles. The Morgan fingerprint density at radius 2 is 2.05 bits per heavy atom. The number of hydrogen-bond acceptors (Lipinski definition) is 3. The zero-order chi connectivity index (χ0) is 14.6. The van der Waals surface area contributed by atoms with Gasteiger partial charge in [0, 0.05) is 12.2 Å². The van der Waals surface area contributed by atoms with Crippen molar-refractivity contribution in [2.45, 2.75) is 47.2 Å². The topological polar surface area (TPSA) is 59.2 Å². The molecule has 4 nitrogen and oxygen atoms in total. The lowest BCUT2D eigenvalue weighted by atomic mass is 9.86. The van der Waals surface area contributed by atoms with Crippen LogP contribution in [-0.2, 0) is 11.3 Å².